The number of benzene rings is 3. The molecule has 1 unspecified atom stereocenters. The van der Waals surface area contributed by atoms with E-state index in [2.05, 4.69) is 11.0 Å². The fraction of sp³-hybridized carbons (Fsp3) is 0.371. The number of fused-ring (bicyclic) bond motifs is 1. The number of carbonyl (C=O) groups is 2. The van der Waals surface area contributed by atoms with Crippen molar-refractivity contribution in [3.63, 3.8) is 0 Å². The summed E-state index contributed by atoms with van der Waals surface area (Å²) in [6.45, 7) is 8.86. The maximum atomic E-state index is 14.0. The molecule has 0 saturated heterocycles. The predicted molar refractivity (Wildman–Crippen MR) is 169 cm³/mol. The van der Waals surface area contributed by atoms with Crippen LogP contribution in [0, 0.1) is 13.8 Å². The fourth-order valence-corrected chi connectivity index (χ4v) is 5.72. The van der Waals surface area contributed by atoms with Crippen LogP contribution in [-0.2, 0) is 23.1 Å². The Hall–Kier alpha value is -3.94. The summed E-state index contributed by atoms with van der Waals surface area (Å²) in [4.78, 5) is 29.3. The van der Waals surface area contributed by atoms with Crippen molar-refractivity contribution in [2.45, 2.75) is 58.4 Å². The lowest BCUT2D eigenvalue weighted by molar-refractivity contribution is -0.135. The maximum absolute atomic E-state index is 14.0. The molecule has 1 atom stereocenters. The second-order valence-corrected chi connectivity index (χ2v) is 12.1. The van der Waals surface area contributed by atoms with Gasteiger partial charge in [-0.2, -0.15) is 0 Å². The van der Waals surface area contributed by atoms with Crippen molar-refractivity contribution in [1.82, 2.24) is 9.47 Å². The van der Waals surface area contributed by atoms with E-state index in [4.69, 9.17) is 15.2 Å². The second kappa shape index (κ2) is 12.9. The van der Waals surface area contributed by atoms with E-state index in [9.17, 15) is 9.59 Å². The van der Waals surface area contributed by atoms with Gasteiger partial charge < -0.3 is 20.1 Å². The molecule has 0 radical (unpaired) electrons. The van der Waals surface area contributed by atoms with Gasteiger partial charge in [0.05, 0.1) is 12.6 Å². The third kappa shape index (κ3) is 7.09. The van der Waals surface area contributed by atoms with Crippen LogP contribution in [-0.4, -0.2) is 55.1 Å². The molecule has 0 aliphatic carbocycles. The lowest BCUT2D eigenvalue weighted by atomic mass is 9.78. The van der Waals surface area contributed by atoms with Gasteiger partial charge >= 0.3 is 5.97 Å². The van der Waals surface area contributed by atoms with Gasteiger partial charge in [-0.1, -0.05) is 50.2 Å². The van der Waals surface area contributed by atoms with Crippen LogP contribution < -0.4 is 15.2 Å². The van der Waals surface area contributed by atoms with Gasteiger partial charge in [0.15, 0.2) is 0 Å². The van der Waals surface area contributed by atoms with Crippen molar-refractivity contribution in [3.05, 3.63) is 94.7 Å². The predicted octanol–water partition coefficient (Wildman–Crippen LogP) is 5.85. The Morgan fingerprint density at radius 3 is 2.40 bits per heavy atom. The standard InChI is InChI=1S/C35H43N3O4/c1-23-17-24(2)33(31(18-23)42-34(40)29(36)19-25-11-9-8-10-12-25)35(3,4)21-32(39)38-22-26(15-16-37(5)6)28-14-13-27(41-7)20-30(28)38/h8-14,17-18,20,22,29H,15-16,19,21,36H2,1-7H3. The van der Waals surface area contributed by atoms with E-state index in [1.165, 1.54) is 0 Å². The summed E-state index contributed by atoms with van der Waals surface area (Å²) in [6, 6.07) is 18.6. The molecule has 1 aromatic heterocycles. The molecule has 0 aliphatic rings. The molecule has 0 bridgehead atoms. The van der Waals surface area contributed by atoms with Gasteiger partial charge in [0.25, 0.3) is 0 Å². The third-order valence-corrected chi connectivity index (χ3v) is 7.72. The third-order valence-electron chi connectivity index (χ3n) is 7.72. The smallest absolute Gasteiger partial charge is 0.328 e. The summed E-state index contributed by atoms with van der Waals surface area (Å²) in [5.41, 5.74) is 11.3. The molecule has 222 valence electrons. The molecule has 0 spiro atoms. The van der Waals surface area contributed by atoms with Crippen LogP contribution in [0.3, 0.4) is 0 Å². The number of ether oxygens (including phenoxy) is 2. The molecule has 3 aromatic carbocycles. The van der Waals surface area contributed by atoms with Gasteiger partial charge in [-0.05, 0) is 81.2 Å². The lowest BCUT2D eigenvalue weighted by Gasteiger charge is -2.29. The Balaban J connectivity index is 1.64. The fourth-order valence-electron chi connectivity index (χ4n) is 5.72. The maximum Gasteiger partial charge on any atom is 0.328 e. The zero-order chi connectivity index (χ0) is 30.6. The normalized spacial score (nSPS) is 12.5. The van der Waals surface area contributed by atoms with Crippen molar-refractivity contribution < 1.29 is 19.1 Å². The van der Waals surface area contributed by atoms with Crippen molar-refractivity contribution in [3.8, 4) is 11.5 Å². The molecule has 0 fully saturated rings. The van der Waals surface area contributed by atoms with Crippen LogP contribution in [0.1, 0.15) is 52.9 Å². The first-order valence-electron chi connectivity index (χ1n) is 14.4. The Kier molecular flexibility index (Phi) is 9.54. The Labute approximate surface area is 249 Å². The largest absolute Gasteiger partial charge is 0.497 e. The van der Waals surface area contributed by atoms with Gasteiger partial charge in [-0.3, -0.25) is 9.36 Å². The molecule has 2 N–H and O–H groups in total. The number of aromatic nitrogens is 1. The molecule has 0 aliphatic heterocycles. The van der Waals surface area contributed by atoms with E-state index in [0.29, 0.717) is 17.9 Å². The van der Waals surface area contributed by atoms with Gasteiger partial charge in [0.1, 0.15) is 17.5 Å². The molecule has 0 saturated carbocycles. The average molecular weight is 570 g/mol. The number of hydrogen-bond acceptors (Lipinski definition) is 6. The van der Waals surface area contributed by atoms with Crippen LogP contribution in [0.4, 0.5) is 0 Å². The highest BCUT2D eigenvalue weighted by atomic mass is 16.5. The van der Waals surface area contributed by atoms with Crippen molar-refractivity contribution >= 4 is 22.8 Å². The Morgan fingerprint density at radius 2 is 1.74 bits per heavy atom. The first-order valence-corrected chi connectivity index (χ1v) is 14.4. The molecule has 0 amide bonds. The zero-order valence-corrected chi connectivity index (χ0v) is 25.9. The minimum Gasteiger partial charge on any atom is -0.497 e. The van der Waals surface area contributed by atoms with Crippen molar-refractivity contribution in [1.29, 1.82) is 0 Å². The van der Waals surface area contributed by atoms with E-state index in [1.807, 2.05) is 103 Å². The SMILES string of the molecule is COc1ccc2c(CCN(C)C)cn(C(=O)CC(C)(C)c3c(C)cc(C)cc3OC(=O)C(N)Cc3ccccc3)c2c1. The molecule has 7 nitrogen and oxygen atoms in total. The Bertz CT molecular complexity index is 1570. The number of nitrogens with zero attached hydrogens (tertiary/aromatic N) is 2. The van der Waals surface area contributed by atoms with E-state index in [0.717, 1.165) is 51.7 Å². The molecular formula is C35H43N3O4. The highest BCUT2D eigenvalue weighted by Gasteiger charge is 2.32. The van der Waals surface area contributed by atoms with Crippen LogP contribution in [0.5, 0.6) is 11.5 Å². The zero-order valence-electron chi connectivity index (χ0n) is 25.9. The summed E-state index contributed by atoms with van der Waals surface area (Å²) >= 11 is 0. The van der Waals surface area contributed by atoms with Crippen molar-refractivity contribution in [2.75, 3.05) is 27.7 Å². The van der Waals surface area contributed by atoms with Crippen LogP contribution >= 0.6 is 0 Å². The number of carbonyl (C=O) groups excluding carboxylic acids is 2. The number of rotatable bonds is 11. The highest BCUT2D eigenvalue weighted by Crippen LogP contribution is 2.39. The van der Waals surface area contributed by atoms with E-state index in [1.54, 1.807) is 11.7 Å². The summed E-state index contributed by atoms with van der Waals surface area (Å²) in [6.07, 6.45) is 3.35. The van der Waals surface area contributed by atoms with Crippen LogP contribution in [0.15, 0.2) is 66.9 Å². The number of methoxy groups -OCH3 is 1. The van der Waals surface area contributed by atoms with Crippen LogP contribution in [0.2, 0.25) is 0 Å². The summed E-state index contributed by atoms with van der Waals surface area (Å²) in [5, 5.41) is 1.04. The topological polar surface area (TPSA) is 86.8 Å². The summed E-state index contributed by atoms with van der Waals surface area (Å²) in [7, 11) is 5.71. The second-order valence-electron chi connectivity index (χ2n) is 12.1. The first kappa shape index (κ1) is 31.0. The minimum atomic E-state index is -0.812. The number of esters is 1. The Morgan fingerprint density at radius 1 is 1.02 bits per heavy atom. The summed E-state index contributed by atoms with van der Waals surface area (Å²) in [5.74, 6) is 0.599. The monoisotopic (exact) mass is 569 g/mol. The molecule has 7 heteroatoms. The van der Waals surface area contributed by atoms with E-state index < -0.39 is 17.4 Å². The van der Waals surface area contributed by atoms with Crippen molar-refractivity contribution in [2.24, 2.45) is 5.73 Å². The summed E-state index contributed by atoms with van der Waals surface area (Å²) < 4.78 is 13.2. The van der Waals surface area contributed by atoms with Gasteiger partial charge in [-0.25, -0.2) is 4.79 Å². The number of aryl methyl sites for hydroxylation is 2. The van der Waals surface area contributed by atoms with E-state index in [-0.39, 0.29) is 12.3 Å². The quantitative estimate of drug-likeness (QED) is 0.180. The highest BCUT2D eigenvalue weighted by molar-refractivity contribution is 5.95. The number of likely N-dealkylation sites (N-methyl/N-ethyl adjacent to an activating group) is 1. The molecule has 4 rings (SSSR count). The van der Waals surface area contributed by atoms with Gasteiger partial charge in [0.2, 0.25) is 5.91 Å². The van der Waals surface area contributed by atoms with E-state index >= 15 is 0 Å². The number of nitrogens with two attached hydrogens (primary N) is 1. The van der Waals surface area contributed by atoms with Gasteiger partial charge in [-0.15, -0.1) is 0 Å². The molecular weight excluding hydrogens is 526 g/mol. The first-order chi connectivity index (χ1) is 19.9. The lowest BCUT2D eigenvalue weighted by Crippen LogP contribution is -2.37. The number of hydrogen-bond donors (Lipinski definition) is 1. The molecule has 42 heavy (non-hydrogen) atoms. The molecule has 4 aromatic rings. The minimum absolute atomic E-state index is 0.0487. The van der Waals surface area contributed by atoms with Gasteiger partial charge in [0, 0.05) is 41.6 Å². The average Bonchev–Trinajstić information content (AvgIpc) is 3.29. The molecule has 1 heterocycles. The van der Waals surface area contributed by atoms with Crippen LogP contribution in [0.25, 0.3) is 10.9 Å².